The van der Waals surface area contributed by atoms with Crippen LogP contribution in [0.2, 0.25) is 5.02 Å². The normalized spacial score (nSPS) is 11.2. The average molecular weight is 317 g/mol. The number of nitriles is 1. The maximum atomic E-state index is 12.0. The minimum atomic E-state index is -3.59. The van der Waals surface area contributed by atoms with Crippen molar-refractivity contribution in [3.8, 4) is 6.07 Å². The van der Waals surface area contributed by atoms with Crippen molar-refractivity contribution >= 4 is 21.6 Å². The standard InChI is InChI=1S/C13H17ClN2O3S/c14-13-9-12(6-5-11(13)10-15)20(18,19)16-7-3-1-2-4-8-17/h5-6,9,16-17H,1-4,7-8H2. The van der Waals surface area contributed by atoms with Crippen LogP contribution in [0.25, 0.3) is 0 Å². The average Bonchev–Trinajstić information content (AvgIpc) is 2.42. The second-order valence-corrected chi connectivity index (χ2v) is 6.46. The Kier molecular flexibility index (Phi) is 6.96. The summed E-state index contributed by atoms with van der Waals surface area (Å²) in [5, 5.41) is 17.5. The van der Waals surface area contributed by atoms with Crippen LogP contribution in [0.15, 0.2) is 23.1 Å². The van der Waals surface area contributed by atoms with Crippen LogP contribution in [-0.4, -0.2) is 26.7 Å². The minimum Gasteiger partial charge on any atom is -0.396 e. The van der Waals surface area contributed by atoms with Gasteiger partial charge in [-0.3, -0.25) is 0 Å². The molecule has 1 aromatic rings. The Morgan fingerprint density at radius 3 is 2.55 bits per heavy atom. The number of aliphatic hydroxyl groups excluding tert-OH is 1. The zero-order chi connectivity index (χ0) is 15.0. The van der Waals surface area contributed by atoms with Gasteiger partial charge < -0.3 is 5.11 Å². The Hall–Kier alpha value is -1.13. The van der Waals surface area contributed by atoms with Crippen molar-refractivity contribution in [2.45, 2.75) is 30.6 Å². The quantitative estimate of drug-likeness (QED) is 0.718. The van der Waals surface area contributed by atoms with Crippen LogP contribution in [0.5, 0.6) is 0 Å². The monoisotopic (exact) mass is 316 g/mol. The molecule has 0 atom stereocenters. The van der Waals surface area contributed by atoms with Gasteiger partial charge in [-0.15, -0.1) is 0 Å². The first-order chi connectivity index (χ1) is 9.51. The Balaban J connectivity index is 2.57. The number of hydrogen-bond acceptors (Lipinski definition) is 4. The molecule has 0 saturated heterocycles. The predicted octanol–water partition coefficient (Wildman–Crippen LogP) is 2.04. The lowest BCUT2D eigenvalue weighted by molar-refractivity contribution is 0.282. The number of nitrogens with one attached hydrogen (secondary N) is 1. The van der Waals surface area contributed by atoms with E-state index < -0.39 is 10.0 Å². The number of halogens is 1. The molecule has 0 bridgehead atoms. The molecule has 0 aliphatic heterocycles. The summed E-state index contributed by atoms with van der Waals surface area (Å²) in [7, 11) is -3.59. The summed E-state index contributed by atoms with van der Waals surface area (Å²) in [5.41, 5.74) is 0.245. The second kappa shape index (κ2) is 8.22. The largest absolute Gasteiger partial charge is 0.396 e. The van der Waals surface area contributed by atoms with Gasteiger partial charge in [-0.2, -0.15) is 5.26 Å². The molecule has 0 heterocycles. The van der Waals surface area contributed by atoms with E-state index in [0.29, 0.717) is 13.0 Å². The van der Waals surface area contributed by atoms with Crippen LogP contribution in [0.1, 0.15) is 31.2 Å². The highest BCUT2D eigenvalue weighted by atomic mass is 35.5. The Bertz CT molecular complexity index is 582. The van der Waals surface area contributed by atoms with E-state index in [2.05, 4.69) is 4.72 Å². The number of sulfonamides is 1. The van der Waals surface area contributed by atoms with Crippen molar-refractivity contribution in [1.29, 1.82) is 5.26 Å². The maximum Gasteiger partial charge on any atom is 0.240 e. The lowest BCUT2D eigenvalue weighted by Gasteiger charge is -2.07. The summed E-state index contributed by atoms with van der Waals surface area (Å²) in [6, 6.07) is 5.90. The molecule has 0 aliphatic rings. The highest BCUT2D eigenvalue weighted by molar-refractivity contribution is 7.89. The summed E-state index contributed by atoms with van der Waals surface area (Å²) < 4.78 is 26.4. The van der Waals surface area contributed by atoms with Crippen LogP contribution in [0.4, 0.5) is 0 Å². The molecular weight excluding hydrogens is 300 g/mol. The second-order valence-electron chi connectivity index (χ2n) is 4.29. The first-order valence-electron chi connectivity index (χ1n) is 6.31. The van der Waals surface area contributed by atoms with Crippen LogP contribution >= 0.6 is 11.6 Å². The fourth-order valence-electron chi connectivity index (χ4n) is 1.63. The molecule has 0 unspecified atom stereocenters. The van der Waals surface area contributed by atoms with Gasteiger partial charge in [0.05, 0.1) is 15.5 Å². The van der Waals surface area contributed by atoms with Gasteiger partial charge in [0.1, 0.15) is 6.07 Å². The molecule has 0 radical (unpaired) electrons. The van der Waals surface area contributed by atoms with Gasteiger partial charge in [0, 0.05) is 13.2 Å². The van der Waals surface area contributed by atoms with E-state index >= 15 is 0 Å². The molecule has 1 rings (SSSR count). The fourth-order valence-corrected chi connectivity index (χ4v) is 3.02. The van der Waals surface area contributed by atoms with Crippen LogP contribution in [0.3, 0.4) is 0 Å². The summed E-state index contributed by atoms with van der Waals surface area (Å²) in [6.07, 6.45) is 3.18. The van der Waals surface area contributed by atoms with Gasteiger partial charge in [0.25, 0.3) is 0 Å². The third-order valence-electron chi connectivity index (χ3n) is 2.75. The van der Waals surface area contributed by atoms with Crippen LogP contribution < -0.4 is 4.72 Å². The number of hydrogen-bond donors (Lipinski definition) is 2. The molecule has 0 fully saturated rings. The van der Waals surface area contributed by atoms with E-state index in [1.54, 1.807) is 0 Å². The number of rotatable bonds is 8. The SMILES string of the molecule is N#Cc1ccc(S(=O)(=O)NCCCCCCO)cc1Cl. The van der Waals surface area contributed by atoms with Gasteiger partial charge in [0.2, 0.25) is 10.0 Å². The highest BCUT2D eigenvalue weighted by Gasteiger charge is 2.14. The summed E-state index contributed by atoms with van der Waals surface area (Å²) in [5.74, 6) is 0. The van der Waals surface area contributed by atoms with Crippen LogP contribution in [-0.2, 0) is 10.0 Å². The summed E-state index contributed by atoms with van der Waals surface area (Å²) in [6.45, 7) is 0.501. The van der Waals surface area contributed by atoms with E-state index in [0.717, 1.165) is 19.3 Å². The highest BCUT2D eigenvalue weighted by Crippen LogP contribution is 2.20. The van der Waals surface area contributed by atoms with E-state index in [1.807, 2.05) is 6.07 Å². The van der Waals surface area contributed by atoms with Crippen molar-refractivity contribution in [2.75, 3.05) is 13.2 Å². The first-order valence-corrected chi connectivity index (χ1v) is 8.17. The van der Waals surface area contributed by atoms with Gasteiger partial charge in [-0.25, -0.2) is 13.1 Å². The Morgan fingerprint density at radius 2 is 1.95 bits per heavy atom. The molecule has 0 aliphatic carbocycles. The number of benzene rings is 1. The maximum absolute atomic E-state index is 12.0. The molecule has 7 heteroatoms. The van der Waals surface area contributed by atoms with Crippen molar-refractivity contribution < 1.29 is 13.5 Å². The molecule has 0 aromatic heterocycles. The first kappa shape index (κ1) is 16.9. The molecule has 20 heavy (non-hydrogen) atoms. The van der Waals surface area contributed by atoms with Crippen LogP contribution in [0, 0.1) is 11.3 Å². The molecule has 0 saturated carbocycles. The molecule has 1 aromatic carbocycles. The van der Waals surface area contributed by atoms with Crippen molar-refractivity contribution in [2.24, 2.45) is 0 Å². The van der Waals surface area contributed by atoms with Gasteiger partial charge >= 0.3 is 0 Å². The van der Waals surface area contributed by atoms with Gasteiger partial charge in [0.15, 0.2) is 0 Å². The van der Waals surface area contributed by atoms with Crippen molar-refractivity contribution in [3.05, 3.63) is 28.8 Å². The summed E-state index contributed by atoms with van der Waals surface area (Å²) in [4.78, 5) is 0.0526. The Labute approximate surface area is 124 Å². The third-order valence-corrected chi connectivity index (χ3v) is 4.52. The lowest BCUT2D eigenvalue weighted by atomic mass is 10.2. The molecule has 0 amide bonds. The molecule has 5 nitrogen and oxygen atoms in total. The minimum absolute atomic E-state index is 0.0526. The van der Waals surface area contributed by atoms with E-state index in [9.17, 15) is 8.42 Å². The Morgan fingerprint density at radius 1 is 1.25 bits per heavy atom. The van der Waals surface area contributed by atoms with Crippen molar-refractivity contribution in [3.63, 3.8) is 0 Å². The number of aliphatic hydroxyl groups is 1. The van der Waals surface area contributed by atoms with Gasteiger partial charge in [-0.05, 0) is 31.0 Å². The predicted molar refractivity (Wildman–Crippen MR) is 76.9 cm³/mol. The topological polar surface area (TPSA) is 90.2 Å². The number of unbranched alkanes of at least 4 members (excludes halogenated alkanes) is 3. The van der Waals surface area contributed by atoms with E-state index in [4.69, 9.17) is 22.0 Å². The lowest BCUT2D eigenvalue weighted by Crippen LogP contribution is -2.24. The zero-order valence-electron chi connectivity index (χ0n) is 11.0. The smallest absolute Gasteiger partial charge is 0.240 e. The van der Waals surface area contributed by atoms with E-state index in [-0.39, 0.29) is 22.1 Å². The molecule has 2 N–H and O–H groups in total. The van der Waals surface area contributed by atoms with E-state index in [1.165, 1.54) is 18.2 Å². The molecular formula is C13H17ClN2O3S. The fraction of sp³-hybridized carbons (Fsp3) is 0.462. The molecule has 0 spiro atoms. The molecule has 110 valence electrons. The summed E-state index contributed by atoms with van der Waals surface area (Å²) >= 11 is 5.82. The zero-order valence-corrected chi connectivity index (χ0v) is 12.5. The van der Waals surface area contributed by atoms with Crippen molar-refractivity contribution in [1.82, 2.24) is 4.72 Å². The number of nitrogens with zero attached hydrogens (tertiary/aromatic N) is 1. The van der Waals surface area contributed by atoms with Gasteiger partial charge in [-0.1, -0.05) is 24.4 Å². The third kappa shape index (κ3) is 5.10.